The molecule has 0 heterocycles. The molecule has 0 saturated heterocycles. The van der Waals surface area contributed by atoms with Gasteiger partial charge in [0.1, 0.15) is 0 Å². The third kappa shape index (κ3) is 3.59. The fourth-order valence-electron chi connectivity index (χ4n) is 3.74. The summed E-state index contributed by atoms with van der Waals surface area (Å²) < 4.78 is 0. The molecule has 0 nitrogen and oxygen atoms in total. The van der Waals surface area contributed by atoms with Gasteiger partial charge in [0.05, 0.1) is 0 Å². The Morgan fingerprint density at radius 2 is 1.12 bits per heavy atom. The van der Waals surface area contributed by atoms with Crippen molar-refractivity contribution in [3.63, 3.8) is 0 Å². The molecule has 0 aromatic heterocycles. The van der Waals surface area contributed by atoms with Crippen LogP contribution >= 0.6 is 0 Å². The molecule has 0 amide bonds. The zero-order chi connectivity index (χ0) is 16.2. The molecule has 0 bridgehead atoms. The molecule has 1 aliphatic rings. The first-order chi connectivity index (χ1) is 11.9. The summed E-state index contributed by atoms with van der Waals surface area (Å²) in [4.78, 5) is 0. The van der Waals surface area contributed by atoms with Crippen molar-refractivity contribution in [1.82, 2.24) is 0 Å². The summed E-state index contributed by atoms with van der Waals surface area (Å²) in [5.74, 6) is 1.35. The van der Waals surface area contributed by atoms with E-state index in [9.17, 15) is 0 Å². The molecule has 0 N–H and O–H groups in total. The fraction of sp³-hybridized carbons (Fsp3) is 0.250. The van der Waals surface area contributed by atoms with Crippen LogP contribution in [0.4, 0.5) is 0 Å². The van der Waals surface area contributed by atoms with Gasteiger partial charge in [-0.25, -0.2) is 0 Å². The molecule has 0 spiro atoms. The summed E-state index contributed by atoms with van der Waals surface area (Å²) in [6.45, 7) is 0. The highest BCUT2D eigenvalue weighted by Crippen LogP contribution is 2.44. The summed E-state index contributed by atoms with van der Waals surface area (Å²) in [6.07, 6.45) is 4.94. The molecule has 0 aliphatic heterocycles. The highest BCUT2D eigenvalue weighted by molar-refractivity contribution is 5.38. The molecule has 120 valence electrons. The highest BCUT2D eigenvalue weighted by Gasteiger charge is 2.28. The Morgan fingerprint density at radius 3 is 1.67 bits per heavy atom. The second-order valence-corrected chi connectivity index (χ2v) is 6.98. The minimum atomic E-state index is 0.548. The Balaban J connectivity index is 1.67. The Morgan fingerprint density at radius 1 is 0.625 bits per heavy atom. The third-order valence-electron chi connectivity index (χ3n) is 5.10. The van der Waals surface area contributed by atoms with Gasteiger partial charge in [0.2, 0.25) is 0 Å². The van der Waals surface area contributed by atoms with Gasteiger partial charge in [-0.05, 0) is 59.8 Å². The first kappa shape index (κ1) is 15.2. The van der Waals surface area contributed by atoms with E-state index in [-0.39, 0.29) is 0 Å². The lowest BCUT2D eigenvalue weighted by atomic mass is 9.83. The van der Waals surface area contributed by atoms with Crippen LogP contribution in [0.25, 0.3) is 0 Å². The van der Waals surface area contributed by atoms with Crippen LogP contribution in [0, 0.1) is 0 Å². The van der Waals surface area contributed by atoms with Crippen molar-refractivity contribution < 1.29 is 0 Å². The van der Waals surface area contributed by atoms with Gasteiger partial charge in [-0.2, -0.15) is 0 Å². The van der Waals surface area contributed by atoms with E-state index in [1.165, 1.54) is 24.0 Å². The van der Waals surface area contributed by atoms with Crippen molar-refractivity contribution >= 4 is 0 Å². The smallest absolute Gasteiger partial charge is 0.00782 e. The number of hydrogen-bond donors (Lipinski definition) is 0. The van der Waals surface area contributed by atoms with Crippen molar-refractivity contribution in [3.8, 4) is 0 Å². The van der Waals surface area contributed by atoms with Crippen LogP contribution < -0.4 is 0 Å². The van der Waals surface area contributed by atoms with Crippen molar-refractivity contribution in [2.75, 3.05) is 0 Å². The Kier molecular flexibility index (Phi) is 4.46. The van der Waals surface area contributed by atoms with Crippen LogP contribution in [-0.4, -0.2) is 0 Å². The van der Waals surface area contributed by atoms with Gasteiger partial charge in [0.15, 0.2) is 0 Å². The van der Waals surface area contributed by atoms with Gasteiger partial charge in [0.25, 0.3) is 0 Å². The third-order valence-corrected chi connectivity index (χ3v) is 5.10. The molecule has 0 heteroatoms. The molecular formula is C24H24. The van der Waals surface area contributed by atoms with E-state index >= 15 is 0 Å². The lowest BCUT2D eigenvalue weighted by molar-refractivity contribution is 0.671. The van der Waals surface area contributed by atoms with E-state index in [0.29, 0.717) is 5.92 Å². The van der Waals surface area contributed by atoms with Crippen LogP contribution in [0.15, 0.2) is 84.9 Å². The van der Waals surface area contributed by atoms with E-state index in [0.717, 1.165) is 18.8 Å². The minimum absolute atomic E-state index is 0.548. The molecule has 0 unspecified atom stereocenters. The van der Waals surface area contributed by atoms with E-state index in [1.807, 2.05) is 0 Å². The molecule has 3 aromatic carbocycles. The summed E-state index contributed by atoms with van der Waals surface area (Å²) >= 11 is 0. The molecule has 4 rings (SSSR count). The SMILES string of the molecule is c1ccc(CC(Cc2ccccc2)c2ccccc2C2CC2)cc1. The van der Waals surface area contributed by atoms with Crippen LogP contribution in [-0.2, 0) is 12.8 Å². The average molecular weight is 312 g/mol. The van der Waals surface area contributed by atoms with Crippen molar-refractivity contribution in [3.05, 3.63) is 107 Å². The predicted molar refractivity (Wildman–Crippen MR) is 101 cm³/mol. The molecule has 24 heavy (non-hydrogen) atoms. The molecule has 1 aliphatic carbocycles. The molecule has 0 radical (unpaired) electrons. The number of benzene rings is 3. The van der Waals surface area contributed by atoms with E-state index in [4.69, 9.17) is 0 Å². The van der Waals surface area contributed by atoms with Crippen molar-refractivity contribution in [2.24, 2.45) is 0 Å². The minimum Gasteiger partial charge on any atom is -0.0622 e. The van der Waals surface area contributed by atoms with Crippen LogP contribution in [0.2, 0.25) is 0 Å². The van der Waals surface area contributed by atoms with Gasteiger partial charge >= 0.3 is 0 Å². The zero-order valence-corrected chi connectivity index (χ0v) is 14.1. The predicted octanol–water partition coefficient (Wildman–Crippen LogP) is 6.13. The fourth-order valence-corrected chi connectivity index (χ4v) is 3.74. The molecule has 1 saturated carbocycles. The largest absolute Gasteiger partial charge is 0.0622 e. The standard InChI is InChI=1S/C24H24/c1-3-9-19(10-4-1)17-22(18-20-11-5-2-6-12-20)24-14-8-7-13-23(24)21-15-16-21/h1-14,21-22H,15-18H2. The first-order valence-corrected chi connectivity index (χ1v) is 9.07. The quantitative estimate of drug-likeness (QED) is 0.513. The topological polar surface area (TPSA) is 0 Å². The van der Waals surface area contributed by atoms with Crippen molar-refractivity contribution in [1.29, 1.82) is 0 Å². The van der Waals surface area contributed by atoms with Crippen LogP contribution in [0.1, 0.15) is 46.9 Å². The van der Waals surface area contributed by atoms with Gasteiger partial charge in [-0.3, -0.25) is 0 Å². The maximum Gasteiger partial charge on any atom is -0.00782 e. The van der Waals surface area contributed by atoms with E-state index in [1.54, 1.807) is 11.1 Å². The summed E-state index contributed by atoms with van der Waals surface area (Å²) in [7, 11) is 0. The lowest BCUT2D eigenvalue weighted by Crippen LogP contribution is -2.09. The Bertz CT molecular complexity index is 728. The Labute approximate surface area is 145 Å². The molecular weight excluding hydrogens is 288 g/mol. The number of rotatable bonds is 6. The van der Waals surface area contributed by atoms with Crippen molar-refractivity contribution in [2.45, 2.75) is 37.5 Å². The maximum atomic E-state index is 2.37. The lowest BCUT2D eigenvalue weighted by Gasteiger charge is -2.21. The van der Waals surface area contributed by atoms with Gasteiger partial charge in [-0.15, -0.1) is 0 Å². The van der Waals surface area contributed by atoms with Gasteiger partial charge in [-0.1, -0.05) is 84.9 Å². The van der Waals surface area contributed by atoms with Crippen LogP contribution in [0.5, 0.6) is 0 Å². The zero-order valence-electron chi connectivity index (χ0n) is 14.1. The monoisotopic (exact) mass is 312 g/mol. The normalized spacial score (nSPS) is 14.0. The van der Waals surface area contributed by atoms with Gasteiger partial charge in [0, 0.05) is 0 Å². The van der Waals surface area contributed by atoms with E-state index in [2.05, 4.69) is 84.9 Å². The average Bonchev–Trinajstić information content (AvgIpc) is 3.48. The second-order valence-electron chi connectivity index (χ2n) is 6.98. The van der Waals surface area contributed by atoms with Crippen LogP contribution in [0.3, 0.4) is 0 Å². The van der Waals surface area contributed by atoms with Gasteiger partial charge < -0.3 is 0 Å². The summed E-state index contributed by atoms with van der Waals surface area (Å²) in [6, 6.07) is 31.0. The summed E-state index contributed by atoms with van der Waals surface area (Å²) in [5, 5.41) is 0. The molecule has 0 atom stereocenters. The first-order valence-electron chi connectivity index (χ1n) is 9.07. The second kappa shape index (κ2) is 7.05. The highest BCUT2D eigenvalue weighted by atomic mass is 14.3. The Hall–Kier alpha value is -2.34. The molecule has 1 fully saturated rings. The maximum absolute atomic E-state index is 2.37. The number of hydrogen-bond acceptors (Lipinski definition) is 0. The van der Waals surface area contributed by atoms with E-state index < -0.39 is 0 Å². The summed E-state index contributed by atoms with van der Waals surface area (Å²) in [5.41, 5.74) is 6.02. The molecule has 3 aromatic rings.